The summed E-state index contributed by atoms with van der Waals surface area (Å²) in [6.45, 7) is 8.08. The number of Topliss-reactive ketones (excluding diaryl/α,β-unsaturated/α-hetero) is 1. The lowest BCUT2D eigenvalue weighted by atomic mass is 9.68. The average molecular weight is 542 g/mol. The van der Waals surface area contributed by atoms with Crippen LogP contribution >= 0.6 is 15.9 Å². The molecule has 1 heterocycles. The summed E-state index contributed by atoms with van der Waals surface area (Å²) in [5.41, 5.74) is 3.63. The number of benzene rings is 2. The summed E-state index contributed by atoms with van der Waals surface area (Å²) in [4.78, 5) is 26.7. The molecule has 4 rings (SSSR count). The van der Waals surface area contributed by atoms with E-state index in [4.69, 9.17) is 9.47 Å². The molecule has 1 atom stereocenters. The van der Waals surface area contributed by atoms with Gasteiger partial charge in [0.05, 0.1) is 18.1 Å². The van der Waals surface area contributed by atoms with Crippen LogP contribution in [0.25, 0.3) is 0 Å². The molecule has 1 aliphatic heterocycles. The van der Waals surface area contributed by atoms with E-state index in [9.17, 15) is 14.0 Å². The highest BCUT2D eigenvalue weighted by atomic mass is 79.9. The summed E-state index contributed by atoms with van der Waals surface area (Å²) < 4.78 is 26.0. The molecule has 2 aliphatic rings. The van der Waals surface area contributed by atoms with Crippen molar-refractivity contribution in [2.45, 2.75) is 53.1 Å². The Bertz CT molecular complexity index is 1250. The summed E-state index contributed by atoms with van der Waals surface area (Å²) in [7, 11) is 0. The lowest BCUT2D eigenvalue weighted by molar-refractivity contribution is -0.138. The maximum absolute atomic E-state index is 13.7. The molecular formula is C28H29BrFNO4. The second-order valence-electron chi connectivity index (χ2n) is 9.75. The van der Waals surface area contributed by atoms with Crippen LogP contribution in [0.4, 0.5) is 4.39 Å². The zero-order valence-electron chi connectivity index (χ0n) is 20.3. The first kappa shape index (κ1) is 25.2. The molecule has 0 bridgehead atoms. The van der Waals surface area contributed by atoms with Crippen molar-refractivity contribution in [1.82, 2.24) is 5.32 Å². The largest absolute Gasteiger partial charge is 0.489 e. The summed E-state index contributed by atoms with van der Waals surface area (Å²) in [6, 6.07) is 11.7. The molecule has 1 N–H and O–H groups in total. The Balaban J connectivity index is 1.84. The molecule has 0 saturated carbocycles. The number of halogens is 2. The molecule has 184 valence electrons. The fourth-order valence-electron chi connectivity index (χ4n) is 4.89. The Morgan fingerprint density at radius 1 is 1.20 bits per heavy atom. The van der Waals surface area contributed by atoms with Crippen LogP contribution in [0.1, 0.15) is 57.6 Å². The van der Waals surface area contributed by atoms with Crippen molar-refractivity contribution in [3.63, 3.8) is 0 Å². The van der Waals surface area contributed by atoms with Gasteiger partial charge < -0.3 is 14.8 Å². The molecular weight excluding hydrogens is 513 g/mol. The zero-order chi connectivity index (χ0) is 25.3. The van der Waals surface area contributed by atoms with Gasteiger partial charge in [-0.1, -0.05) is 41.9 Å². The van der Waals surface area contributed by atoms with Gasteiger partial charge in [-0.2, -0.15) is 0 Å². The Morgan fingerprint density at radius 3 is 2.69 bits per heavy atom. The van der Waals surface area contributed by atoms with E-state index in [2.05, 4.69) is 35.1 Å². The smallest absolute Gasteiger partial charge is 0.336 e. The van der Waals surface area contributed by atoms with E-state index < -0.39 is 11.9 Å². The van der Waals surface area contributed by atoms with Crippen molar-refractivity contribution in [2.75, 3.05) is 6.61 Å². The summed E-state index contributed by atoms with van der Waals surface area (Å²) >= 11 is 3.54. The fourth-order valence-corrected chi connectivity index (χ4v) is 5.27. The van der Waals surface area contributed by atoms with Crippen molar-refractivity contribution < 1.29 is 23.5 Å². The second kappa shape index (κ2) is 9.97. The molecule has 0 radical (unpaired) electrons. The van der Waals surface area contributed by atoms with Crippen LogP contribution in [0.2, 0.25) is 0 Å². The average Bonchev–Trinajstić information content (AvgIpc) is 2.76. The van der Waals surface area contributed by atoms with Crippen LogP contribution < -0.4 is 10.1 Å². The van der Waals surface area contributed by atoms with Crippen LogP contribution in [-0.2, 0) is 20.9 Å². The Labute approximate surface area is 213 Å². The molecule has 0 aromatic heterocycles. The third-order valence-electron chi connectivity index (χ3n) is 6.30. The van der Waals surface area contributed by atoms with Crippen LogP contribution in [0.5, 0.6) is 5.75 Å². The van der Waals surface area contributed by atoms with E-state index in [1.807, 2.05) is 19.1 Å². The number of esters is 1. The standard InChI is InChI=1S/C28H29BrFNO4/c1-5-34-27(33)24-16(2)31-21-13-28(3,4)14-22(32)26(21)25(24)20-12-18(29)9-10-23(20)35-15-17-7-6-8-19(30)11-17/h6-12,25,31H,5,13-15H2,1-4H3. The van der Waals surface area contributed by atoms with E-state index in [0.717, 1.165) is 10.2 Å². The fraction of sp³-hybridized carbons (Fsp3) is 0.357. The van der Waals surface area contributed by atoms with E-state index in [1.54, 1.807) is 25.1 Å². The van der Waals surface area contributed by atoms with Crippen LogP contribution in [-0.4, -0.2) is 18.4 Å². The third kappa shape index (κ3) is 5.35. The highest BCUT2D eigenvalue weighted by Gasteiger charge is 2.44. The Morgan fingerprint density at radius 2 is 1.97 bits per heavy atom. The molecule has 5 nitrogen and oxygen atoms in total. The minimum atomic E-state index is -0.645. The highest BCUT2D eigenvalue weighted by molar-refractivity contribution is 9.10. The van der Waals surface area contributed by atoms with Gasteiger partial charge in [0.15, 0.2) is 5.78 Å². The van der Waals surface area contributed by atoms with E-state index in [1.165, 1.54) is 12.1 Å². The first-order chi connectivity index (χ1) is 16.6. The molecule has 1 unspecified atom stereocenters. The van der Waals surface area contributed by atoms with Crippen LogP contribution in [0.15, 0.2) is 69.5 Å². The van der Waals surface area contributed by atoms with Crippen molar-refractivity contribution in [1.29, 1.82) is 0 Å². The highest BCUT2D eigenvalue weighted by Crippen LogP contribution is 2.49. The number of ether oxygens (including phenoxy) is 2. The number of dihydropyridines is 1. The number of ketones is 1. The van der Waals surface area contributed by atoms with Crippen LogP contribution in [0, 0.1) is 11.2 Å². The quantitative estimate of drug-likeness (QED) is 0.432. The van der Waals surface area contributed by atoms with Gasteiger partial charge in [0, 0.05) is 33.4 Å². The van der Waals surface area contributed by atoms with Gasteiger partial charge in [-0.3, -0.25) is 4.79 Å². The normalized spacial score (nSPS) is 19.3. The second-order valence-corrected chi connectivity index (χ2v) is 10.7. The number of carbonyl (C=O) groups is 2. The number of nitrogens with one attached hydrogen (secondary N) is 1. The van der Waals surface area contributed by atoms with E-state index in [-0.39, 0.29) is 30.2 Å². The minimum Gasteiger partial charge on any atom is -0.489 e. The maximum atomic E-state index is 13.7. The van der Waals surface area contributed by atoms with Crippen molar-refractivity contribution in [3.05, 3.63) is 86.4 Å². The number of carbonyl (C=O) groups excluding carboxylic acids is 2. The predicted molar refractivity (Wildman–Crippen MR) is 135 cm³/mol. The molecule has 0 saturated heterocycles. The SMILES string of the molecule is CCOC(=O)C1=C(C)NC2=C(C(=O)CC(C)(C)C2)C1c1cc(Br)ccc1OCc1cccc(F)c1. The Hall–Kier alpha value is -2.93. The van der Waals surface area contributed by atoms with Crippen LogP contribution in [0.3, 0.4) is 0 Å². The number of hydrogen-bond acceptors (Lipinski definition) is 5. The third-order valence-corrected chi connectivity index (χ3v) is 6.79. The number of hydrogen-bond donors (Lipinski definition) is 1. The molecule has 2 aromatic carbocycles. The Kier molecular flexibility index (Phi) is 7.17. The van der Waals surface area contributed by atoms with Crippen molar-refractivity contribution in [2.24, 2.45) is 5.41 Å². The predicted octanol–water partition coefficient (Wildman–Crippen LogP) is 6.33. The van der Waals surface area contributed by atoms with Gasteiger partial charge in [-0.25, -0.2) is 9.18 Å². The first-order valence-electron chi connectivity index (χ1n) is 11.7. The number of allylic oxidation sites excluding steroid dienone is 3. The number of rotatable bonds is 6. The van der Waals surface area contributed by atoms with Gasteiger partial charge in [0.25, 0.3) is 0 Å². The van der Waals surface area contributed by atoms with E-state index in [0.29, 0.717) is 46.6 Å². The molecule has 0 spiro atoms. The van der Waals surface area contributed by atoms with Gasteiger partial charge in [-0.15, -0.1) is 0 Å². The molecule has 1 aliphatic carbocycles. The maximum Gasteiger partial charge on any atom is 0.336 e. The minimum absolute atomic E-state index is 0.000829. The summed E-state index contributed by atoms with van der Waals surface area (Å²) in [5.74, 6) is -0.937. The molecule has 35 heavy (non-hydrogen) atoms. The van der Waals surface area contributed by atoms with Gasteiger partial charge in [0.2, 0.25) is 0 Å². The summed E-state index contributed by atoms with van der Waals surface area (Å²) in [5, 5.41) is 3.33. The van der Waals surface area contributed by atoms with Gasteiger partial charge in [0.1, 0.15) is 18.2 Å². The lowest BCUT2D eigenvalue weighted by Crippen LogP contribution is -2.38. The monoisotopic (exact) mass is 541 g/mol. The topological polar surface area (TPSA) is 64.6 Å². The lowest BCUT2D eigenvalue weighted by Gasteiger charge is -2.39. The molecule has 7 heteroatoms. The molecule has 2 aromatic rings. The zero-order valence-corrected chi connectivity index (χ0v) is 21.9. The van der Waals surface area contributed by atoms with Crippen molar-refractivity contribution >= 4 is 27.7 Å². The van der Waals surface area contributed by atoms with E-state index >= 15 is 0 Å². The van der Waals surface area contributed by atoms with Gasteiger partial charge in [-0.05, 0) is 61.6 Å². The molecule has 0 fully saturated rings. The first-order valence-corrected chi connectivity index (χ1v) is 12.5. The van der Waals surface area contributed by atoms with Gasteiger partial charge >= 0.3 is 5.97 Å². The van der Waals surface area contributed by atoms with Crippen molar-refractivity contribution in [3.8, 4) is 5.75 Å². The summed E-state index contributed by atoms with van der Waals surface area (Å²) in [6.07, 6.45) is 1.07. The molecule has 0 amide bonds.